The first kappa shape index (κ1) is 18.3. The van der Waals surface area contributed by atoms with E-state index >= 15 is 0 Å². The van der Waals surface area contributed by atoms with E-state index in [9.17, 15) is 12.8 Å². The van der Waals surface area contributed by atoms with E-state index in [0.717, 1.165) is 6.07 Å². The summed E-state index contributed by atoms with van der Waals surface area (Å²) in [5.41, 5.74) is 0. The average molecular weight is 383 g/mol. The summed E-state index contributed by atoms with van der Waals surface area (Å²) in [6.07, 6.45) is 2.97. The van der Waals surface area contributed by atoms with Crippen LogP contribution in [0.3, 0.4) is 0 Å². The van der Waals surface area contributed by atoms with Gasteiger partial charge in [-0.05, 0) is 24.6 Å². The Bertz CT molecular complexity index is 893. The van der Waals surface area contributed by atoms with Gasteiger partial charge < -0.3 is 14.2 Å². The summed E-state index contributed by atoms with van der Waals surface area (Å²) in [4.78, 5) is 7.91. The lowest BCUT2D eigenvalue weighted by atomic mass is 10.3. The highest BCUT2D eigenvalue weighted by atomic mass is 32.2. The second-order valence-electron chi connectivity index (χ2n) is 5.59. The van der Waals surface area contributed by atoms with E-state index in [2.05, 4.69) is 9.97 Å². The number of benzene rings is 1. The molecule has 0 aliphatic carbocycles. The zero-order valence-electron chi connectivity index (χ0n) is 14.3. The number of rotatable bonds is 6. The SMILES string of the molecule is COc1cncc(OC2CCN(S(=O)(=O)c3ccc(OC)c(F)c3)C2)n1. The summed E-state index contributed by atoms with van der Waals surface area (Å²) < 4.78 is 56.0. The van der Waals surface area contributed by atoms with Crippen molar-refractivity contribution in [1.82, 2.24) is 14.3 Å². The molecule has 1 unspecified atom stereocenters. The van der Waals surface area contributed by atoms with Gasteiger partial charge >= 0.3 is 0 Å². The predicted octanol–water partition coefficient (Wildman–Crippen LogP) is 1.47. The highest BCUT2D eigenvalue weighted by Gasteiger charge is 2.34. The molecule has 140 valence electrons. The molecule has 2 heterocycles. The number of nitrogens with zero attached hydrogens (tertiary/aromatic N) is 3. The van der Waals surface area contributed by atoms with Crippen molar-refractivity contribution in [3.05, 3.63) is 36.4 Å². The second kappa shape index (κ2) is 7.42. The van der Waals surface area contributed by atoms with Gasteiger partial charge in [-0.2, -0.15) is 9.29 Å². The molecule has 1 aromatic carbocycles. The van der Waals surface area contributed by atoms with E-state index in [-0.39, 0.29) is 35.7 Å². The van der Waals surface area contributed by atoms with Gasteiger partial charge in [-0.3, -0.25) is 4.98 Å². The standard InChI is InChI=1S/C16H18FN3O5S/c1-23-14-4-3-12(7-13(14)17)26(21,22)20-6-5-11(10-20)25-16-9-18-8-15(19-16)24-2/h3-4,7-9,11H,5-6,10H2,1-2H3. The molecule has 1 saturated heterocycles. The van der Waals surface area contributed by atoms with Crippen molar-refractivity contribution < 1.29 is 27.0 Å². The number of ether oxygens (including phenoxy) is 3. The molecule has 1 aliphatic rings. The van der Waals surface area contributed by atoms with Crippen LogP contribution in [0.25, 0.3) is 0 Å². The maximum Gasteiger partial charge on any atom is 0.243 e. The van der Waals surface area contributed by atoms with Crippen LogP contribution in [0.4, 0.5) is 4.39 Å². The largest absolute Gasteiger partial charge is 0.494 e. The third-order valence-electron chi connectivity index (χ3n) is 3.96. The number of aromatic nitrogens is 2. The Morgan fingerprint density at radius 2 is 1.96 bits per heavy atom. The maximum absolute atomic E-state index is 13.8. The molecule has 3 rings (SSSR count). The topological polar surface area (TPSA) is 90.9 Å². The van der Waals surface area contributed by atoms with E-state index in [1.165, 1.54) is 43.1 Å². The zero-order chi connectivity index (χ0) is 18.7. The van der Waals surface area contributed by atoms with Crippen molar-refractivity contribution in [2.24, 2.45) is 0 Å². The first-order chi connectivity index (χ1) is 12.4. The first-order valence-corrected chi connectivity index (χ1v) is 9.24. The minimum atomic E-state index is -3.83. The van der Waals surface area contributed by atoms with Gasteiger partial charge in [0.2, 0.25) is 21.8 Å². The van der Waals surface area contributed by atoms with Gasteiger partial charge in [0.05, 0.1) is 38.1 Å². The van der Waals surface area contributed by atoms with Gasteiger partial charge in [0, 0.05) is 6.54 Å². The molecular formula is C16H18FN3O5S. The van der Waals surface area contributed by atoms with Crippen LogP contribution in [0.2, 0.25) is 0 Å². The number of halogens is 1. The van der Waals surface area contributed by atoms with Crippen molar-refractivity contribution in [1.29, 1.82) is 0 Å². The number of hydrogen-bond acceptors (Lipinski definition) is 7. The lowest BCUT2D eigenvalue weighted by Crippen LogP contribution is -2.31. The molecule has 0 amide bonds. The Balaban J connectivity index is 1.71. The van der Waals surface area contributed by atoms with Crippen LogP contribution in [0, 0.1) is 5.82 Å². The molecule has 0 saturated carbocycles. The number of methoxy groups -OCH3 is 2. The molecule has 26 heavy (non-hydrogen) atoms. The first-order valence-electron chi connectivity index (χ1n) is 7.80. The third kappa shape index (κ3) is 3.70. The maximum atomic E-state index is 13.8. The van der Waals surface area contributed by atoms with Crippen LogP contribution in [0.1, 0.15) is 6.42 Å². The van der Waals surface area contributed by atoms with Crippen molar-refractivity contribution >= 4 is 10.0 Å². The Morgan fingerprint density at radius 3 is 2.65 bits per heavy atom. The smallest absolute Gasteiger partial charge is 0.243 e. The van der Waals surface area contributed by atoms with Crippen molar-refractivity contribution in [2.45, 2.75) is 17.4 Å². The highest BCUT2D eigenvalue weighted by Crippen LogP contribution is 2.26. The zero-order valence-corrected chi connectivity index (χ0v) is 15.1. The summed E-state index contributed by atoms with van der Waals surface area (Å²) in [6.45, 7) is 0.396. The van der Waals surface area contributed by atoms with Crippen LogP contribution in [-0.4, -0.2) is 56.1 Å². The van der Waals surface area contributed by atoms with E-state index in [0.29, 0.717) is 12.3 Å². The Hall–Kier alpha value is -2.46. The van der Waals surface area contributed by atoms with Crippen molar-refractivity contribution in [3.8, 4) is 17.5 Å². The molecule has 0 spiro atoms. The normalized spacial score (nSPS) is 17.9. The lowest BCUT2D eigenvalue weighted by Gasteiger charge is -2.17. The third-order valence-corrected chi connectivity index (χ3v) is 5.82. The van der Waals surface area contributed by atoms with Gasteiger partial charge in [-0.1, -0.05) is 0 Å². The quantitative estimate of drug-likeness (QED) is 0.746. The van der Waals surface area contributed by atoms with Crippen LogP contribution in [0.5, 0.6) is 17.5 Å². The fourth-order valence-corrected chi connectivity index (χ4v) is 4.12. The number of sulfonamides is 1. The molecule has 8 nitrogen and oxygen atoms in total. The summed E-state index contributed by atoms with van der Waals surface area (Å²) in [5, 5.41) is 0. The van der Waals surface area contributed by atoms with Gasteiger partial charge in [0.15, 0.2) is 11.6 Å². The van der Waals surface area contributed by atoms with Crippen LogP contribution >= 0.6 is 0 Å². The van der Waals surface area contributed by atoms with Crippen LogP contribution in [0.15, 0.2) is 35.5 Å². The summed E-state index contributed by atoms with van der Waals surface area (Å²) in [6, 6.07) is 3.56. The molecule has 10 heteroatoms. The van der Waals surface area contributed by atoms with Crippen LogP contribution in [-0.2, 0) is 10.0 Å². The Kier molecular flexibility index (Phi) is 5.23. The fraction of sp³-hybridized carbons (Fsp3) is 0.375. The predicted molar refractivity (Wildman–Crippen MR) is 89.3 cm³/mol. The van der Waals surface area contributed by atoms with E-state index in [1.54, 1.807) is 0 Å². The molecule has 2 aromatic rings. The van der Waals surface area contributed by atoms with Gasteiger partial charge in [0.1, 0.15) is 6.10 Å². The second-order valence-corrected chi connectivity index (χ2v) is 7.53. The molecule has 0 radical (unpaired) electrons. The summed E-state index contributed by atoms with van der Waals surface area (Å²) in [5.74, 6) is -0.182. The van der Waals surface area contributed by atoms with Gasteiger partial charge in [-0.15, -0.1) is 0 Å². The van der Waals surface area contributed by atoms with Gasteiger partial charge in [0.25, 0.3) is 0 Å². The Labute approximate surface area is 150 Å². The van der Waals surface area contributed by atoms with Crippen molar-refractivity contribution in [3.63, 3.8) is 0 Å². The minimum Gasteiger partial charge on any atom is -0.494 e. The Morgan fingerprint density at radius 1 is 1.19 bits per heavy atom. The molecule has 1 aromatic heterocycles. The monoisotopic (exact) mass is 383 g/mol. The molecule has 1 fully saturated rings. The fourth-order valence-electron chi connectivity index (χ4n) is 2.63. The summed E-state index contributed by atoms with van der Waals surface area (Å²) in [7, 11) is -1.05. The molecule has 0 bridgehead atoms. The summed E-state index contributed by atoms with van der Waals surface area (Å²) >= 11 is 0. The lowest BCUT2D eigenvalue weighted by molar-refractivity contribution is 0.203. The average Bonchev–Trinajstić information content (AvgIpc) is 3.11. The van der Waals surface area contributed by atoms with Crippen LogP contribution < -0.4 is 14.2 Å². The van der Waals surface area contributed by atoms with E-state index < -0.39 is 15.8 Å². The van der Waals surface area contributed by atoms with Crippen molar-refractivity contribution in [2.75, 3.05) is 27.3 Å². The minimum absolute atomic E-state index is 0.0109. The highest BCUT2D eigenvalue weighted by molar-refractivity contribution is 7.89. The van der Waals surface area contributed by atoms with E-state index in [4.69, 9.17) is 14.2 Å². The van der Waals surface area contributed by atoms with Gasteiger partial charge in [-0.25, -0.2) is 12.8 Å². The number of hydrogen-bond donors (Lipinski definition) is 0. The molecule has 1 atom stereocenters. The molecule has 1 aliphatic heterocycles. The molecule has 0 N–H and O–H groups in total. The van der Waals surface area contributed by atoms with E-state index in [1.807, 2.05) is 0 Å². The molecular weight excluding hydrogens is 365 g/mol.